The van der Waals surface area contributed by atoms with Crippen molar-refractivity contribution in [3.05, 3.63) is 11.2 Å². The lowest BCUT2D eigenvalue weighted by Crippen LogP contribution is -2.39. The van der Waals surface area contributed by atoms with Crippen molar-refractivity contribution in [2.24, 2.45) is 5.92 Å². The number of rotatable bonds is 5. The summed E-state index contributed by atoms with van der Waals surface area (Å²) in [5.74, 6) is 2.20. The maximum atomic E-state index is 6.30. The van der Waals surface area contributed by atoms with Crippen LogP contribution < -0.4 is 10.2 Å². The van der Waals surface area contributed by atoms with Crippen LogP contribution in [0.5, 0.6) is 0 Å². The Morgan fingerprint density at radius 3 is 2.85 bits per heavy atom. The lowest BCUT2D eigenvalue weighted by Gasteiger charge is -2.37. The zero-order valence-electron chi connectivity index (χ0n) is 12.7. The van der Waals surface area contributed by atoms with Crippen LogP contribution in [0, 0.1) is 5.92 Å². The van der Waals surface area contributed by atoms with E-state index in [0.717, 1.165) is 18.8 Å². The van der Waals surface area contributed by atoms with E-state index in [-0.39, 0.29) is 0 Å². The Labute approximate surface area is 126 Å². The van der Waals surface area contributed by atoms with Crippen molar-refractivity contribution in [1.82, 2.24) is 9.97 Å². The summed E-state index contributed by atoms with van der Waals surface area (Å²) in [6, 6.07) is 0.523. The number of anilines is 2. The third kappa shape index (κ3) is 3.54. The third-order valence-corrected chi connectivity index (χ3v) is 4.42. The van der Waals surface area contributed by atoms with Gasteiger partial charge in [0, 0.05) is 19.6 Å². The van der Waals surface area contributed by atoms with Crippen molar-refractivity contribution in [2.45, 2.75) is 52.0 Å². The van der Waals surface area contributed by atoms with Gasteiger partial charge in [0.2, 0.25) is 5.95 Å². The predicted octanol–water partition coefficient (Wildman–Crippen LogP) is 3.97. The smallest absolute Gasteiger partial charge is 0.224 e. The fraction of sp³-hybridized carbons (Fsp3) is 0.733. The first kappa shape index (κ1) is 15.4. The van der Waals surface area contributed by atoms with Crippen LogP contribution in [0.2, 0.25) is 5.02 Å². The van der Waals surface area contributed by atoms with Crippen LogP contribution in [0.15, 0.2) is 6.20 Å². The van der Waals surface area contributed by atoms with Crippen LogP contribution in [-0.2, 0) is 0 Å². The van der Waals surface area contributed by atoms with Crippen molar-refractivity contribution in [1.29, 1.82) is 0 Å². The first-order valence-electron chi connectivity index (χ1n) is 7.62. The van der Waals surface area contributed by atoms with Crippen LogP contribution in [0.25, 0.3) is 0 Å². The Kier molecular flexibility index (Phi) is 5.46. The third-order valence-electron chi connectivity index (χ3n) is 4.16. The molecule has 1 aromatic heterocycles. The molecule has 1 aliphatic carbocycles. The summed E-state index contributed by atoms with van der Waals surface area (Å²) >= 11 is 6.30. The van der Waals surface area contributed by atoms with Crippen LogP contribution in [0.4, 0.5) is 11.8 Å². The Morgan fingerprint density at radius 2 is 2.15 bits per heavy atom. The molecular formula is C15H25ClN4. The average molecular weight is 297 g/mol. The molecule has 0 saturated heterocycles. The molecule has 1 fully saturated rings. The van der Waals surface area contributed by atoms with Crippen molar-refractivity contribution < 1.29 is 0 Å². The van der Waals surface area contributed by atoms with Crippen LogP contribution in [0.1, 0.15) is 46.0 Å². The molecule has 20 heavy (non-hydrogen) atoms. The minimum absolute atomic E-state index is 0.523. The van der Waals surface area contributed by atoms with E-state index in [1.165, 1.54) is 25.7 Å². The minimum atomic E-state index is 0.523. The summed E-state index contributed by atoms with van der Waals surface area (Å²) in [5.41, 5.74) is 0. The molecule has 0 aliphatic heterocycles. The molecule has 4 nitrogen and oxygen atoms in total. The van der Waals surface area contributed by atoms with Crippen molar-refractivity contribution in [2.75, 3.05) is 23.8 Å². The minimum Gasteiger partial charge on any atom is -0.355 e. The molecule has 5 heteroatoms. The van der Waals surface area contributed by atoms with Crippen LogP contribution >= 0.6 is 11.6 Å². The monoisotopic (exact) mass is 296 g/mol. The molecule has 1 saturated carbocycles. The standard InChI is InChI=1S/C15H25ClN4/c1-4-9-17-15-18-10-12(16)14(19-15)20(3)13-8-6-5-7-11(13)2/h10-11,13H,4-9H2,1-3H3,(H,17,18,19). The molecule has 2 rings (SSSR count). The van der Waals surface area contributed by atoms with Crippen molar-refractivity contribution in [3.8, 4) is 0 Å². The van der Waals surface area contributed by atoms with Crippen molar-refractivity contribution in [3.63, 3.8) is 0 Å². The van der Waals surface area contributed by atoms with E-state index in [1.807, 2.05) is 0 Å². The molecule has 0 amide bonds. The van der Waals surface area contributed by atoms with Gasteiger partial charge in [-0.25, -0.2) is 4.98 Å². The molecule has 0 aromatic carbocycles. The average Bonchev–Trinajstić information content (AvgIpc) is 2.46. The van der Waals surface area contributed by atoms with Gasteiger partial charge in [-0.15, -0.1) is 0 Å². The lowest BCUT2D eigenvalue weighted by molar-refractivity contribution is 0.320. The largest absolute Gasteiger partial charge is 0.355 e. The summed E-state index contributed by atoms with van der Waals surface area (Å²) < 4.78 is 0. The van der Waals surface area contributed by atoms with Gasteiger partial charge in [-0.1, -0.05) is 38.3 Å². The SMILES string of the molecule is CCCNc1ncc(Cl)c(N(C)C2CCCCC2C)n1. The quantitative estimate of drug-likeness (QED) is 0.893. The van der Waals surface area contributed by atoms with Gasteiger partial charge in [0.1, 0.15) is 5.02 Å². The maximum absolute atomic E-state index is 6.30. The second kappa shape index (κ2) is 7.11. The highest BCUT2D eigenvalue weighted by Gasteiger charge is 2.27. The summed E-state index contributed by atoms with van der Waals surface area (Å²) in [6.45, 7) is 5.33. The summed E-state index contributed by atoms with van der Waals surface area (Å²) in [5, 5.41) is 3.86. The first-order valence-corrected chi connectivity index (χ1v) is 8.00. The number of hydrogen-bond acceptors (Lipinski definition) is 4. The van der Waals surface area contributed by atoms with Gasteiger partial charge < -0.3 is 10.2 Å². The van der Waals surface area contributed by atoms with E-state index >= 15 is 0 Å². The van der Waals surface area contributed by atoms with E-state index in [2.05, 4.69) is 41.1 Å². The van der Waals surface area contributed by atoms with E-state index in [4.69, 9.17) is 11.6 Å². The van der Waals surface area contributed by atoms with E-state index < -0.39 is 0 Å². The number of halogens is 1. The highest BCUT2D eigenvalue weighted by molar-refractivity contribution is 6.32. The number of nitrogens with one attached hydrogen (secondary N) is 1. The molecule has 1 heterocycles. The molecule has 1 aromatic rings. The molecule has 112 valence electrons. The zero-order chi connectivity index (χ0) is 14.5. The summed E-state index contributed by atoms with van der Waals surface area (Å²) in [7, 11) is 2.10. The zero-order valence-corrected chi connectivity index (χ0v) is 13.5. The molecular weight excluding hydrogens is 272 g/mol. The topological polar surface area (TPSA) is 41.1 Å². The number of nitrogens with zero attached hydrogens (tertiary/aromatic N) is 3. The molecule has 0 spiro atoms. The van der Waals surface area contributed by atoms with Gasteiger partial charge in [-0.3, -0.25) is 0 Å². The van der Waals surface area contributed by atoms with Gasteiger partial charge in [0.25, 0.3) is 0 Å². The maximum Gasteiger partial charge on any atom is 0.224 e. The van der Waals surface area contributed by atoms with Crippen molar-refractivity contribution >= 4 is 23.4 Å². The molecule has 2 atom stereocenters. The van der Waals surface area contributed by atoms with Gasteiger partial charge in [0.15, 0.2) is 5.82 Å². The fourth-order valence-electron chi connectivity index (χ4n) is 2.96. The Bertz CT molecular complexity index is 438. The van der Waals surface area contributed by atoms with E-state index in [0.29, 0.717) is 22.9 Å². The van der Waals surface area contributed by atoms with E-state index in [1.54, 1.807) is 6.20 Å². The molecule has 0 radical (unpaired) electrons. The van der Waals surface area contributed by atoms with Crippen LogP contribution in [0.3, 0.4) is 0 Å². The molecule has 0 bridgehead atoms. The van der Waals surface area contributed by atoms with Gasteiger partial charge >= 0.3 is 0 Å². The lowest BCUT2D eigenvalue weighted by atomic mass is 9.85. The normalized spacial score (nSPS) is 22.6. The summed E-state index contributed by atoms with van der Waals surface area (Å²) in [4.78, 5) is 11.1. The highest BCUT2D eigenvalue weighted by atomic mass is 35.5. The number of aromatic nitrogens is 2. The van der Waals surface area contributed by atoms with Gasteiger partial charge in [-0.2, -0.15) is 4.98 Å². The molecule has 2 unspecified atom stereocenters. The van der Waals surface area contributed by atoms with Gasteiger partial charge in [-0.05, 0) is 25.2 Å². The van der Waals surface area contributed by atoms with Crippen LogP contribution in [-0.4, -0.2) is 29.6 Å². The predicted molar refractivity (Wildman–Crippen MR) is 85.6 cm³/mol. The van der Waals surface area contributed by atoms with E-state index in [9.17, 15) is 0 Å². The fourth-order valence-corrected chi connectivity index (χ4v) is 3.18. The Balaban J connectivity index is 2.16. The second-order valence-corrected chi connectivity index (χ2v) is 6.14. The Morgan fingerprint density at radius 1 is 1.40 bits per heavy atom. The Hall–Kier alpha value is -1.03. The van der Waals surface area contributed by atoms with Gasteiger partial charge in [0.05, 0.1) is 6.20 Å². The molecule has 1 N–H and O–H groups in total. The highest BCUT2D eigenvalue weighted by Crippen LogP contribution is 2.32. The second-order valence-electron chi connectivity index (χ2n) is 5.73. The molecule has 1 aliphatic rings. The first-order chi connectivity index (χ1) is 9.63. The summed E-state index contributed by atoms with van der Waals surface area (Å²) in [6.07, 6.45) is 7.90. The number of hydrogen-bond donors (Lipinski definition) is 1.